The highest BCUT2D eigenvalue weighted by Gasteiger charge is 2.38. The lowest BCUT2D eigenvalue weighted by Gasteiger charge is -2.35. The lowest BCUT2D eigenvalue weighted by Crippen LogP contribution is -2.46. The van der Waals surface area contributed by atoms with Crippen molar-refractivity contribution in [3.05, 3.63) is 56.0 Å². The van der Waals surface area contributed by atoms with Gasteiger partial charge in [-0.25, -0.2) is 4.98 Å². The van der Waals surface area contributed by atoms with Crippen molar-refractivity contribution in [2.75, 3.05) is 12.4 Å². The van der Waals surface area contributed by atoms with E-state index in [4.69, 9.17) is 16.6 Å². The first kappa shape index (κ1) is 27.9. The van der Waals surface area contributed by atoms with Gasteiger partial charge in [0.15, 0.2) is 0 Å². The van der Waals surface area contributed by atoms with Crippen molar-refractivity contribution in [1.82, 2.24) is 19.8 Å². The summed E-state index contributed by atoms with van der Waals surface area (Å²) >= 11 is 5.73. The Hall–Kier alpha value is -3.08. The molecule has 12 heteroatoms. The van der Waals surface area contributed by atoms with Crippen molar-refractivity contribution in [3.63, 3.8) is 0 Å². The number of amides is 2. The van der Waals surface area contributed by atoms with Crippen LogP contribution < -0.4 is 16.2 Å². The molecule has 4 rings (SSSR count). The Balaban J connectivity index is 1.69. The molecule has 1 aliphatic carbocycles. The Morgan fingerprint density at radius 1 is 1.21 bits per heavy atom. The van der Waals surface area contributed by atoms with Gasteiger partial charge in [0.1, 0.15) is 0 Å². The number of halogens is 4. The number of nitrogens with zero attached hydrogens (tertiary/aromatic N) is 3. The van der Waals surface area contributed by atoms with E-state index in [1.54, 1.807) is 18.5 Å². The van der Waals surface area contributed by atoms with Gasteiger partial charge in [0.25, 0.3) is 11.5 Å². The van der Waals surface area contributed by atoms with Crippen LogP contribution in [-0.4, -0.2) is 45.4 Å². The van der Waals surface area contributed by atoms with Crippen molar-refractivity contribution in [2.24, 2.45) is 5.92 Å². The molecule has 0 unspecified atom stereocenters. The molecule has 0 bridgehead atoms. The molecule has 2 aliphatic rings. The van der Waals surface area contributed by atoms with E-state index in [1.165, 1.54) is 11.0 Å². The van der Waals surface area contributed by atoms with Gasteiger partial charge in [0.05, 0.1) is 22.8 Å². The monoisotopic (exact) mass is 553 g/mol. The fraction of sp³-hybridized carbons (Fsp3) is 0.538. The molecule has 2 heterocycles. The van der Waals surface area contributed by atoms with Crippen LogP contribution in [0.5, 0.6) is 0 Å². The molecule has 1 aromatic carbocycles. The van der Waals surface area contributed by atoms with E-state index < -0.39 is 28.7 Å². The summed E-state index contributed by atoms with van der Waals surface area (Å²) in [6.07, 6.45) is -2.65. The van der Waals surface area contributed by atoms with Crippen molar-refractivity contribution in [2.45, 2.75) is 77.3 Å². The minimum absolute atomic E-state index is 0.0201. The SMILES string of the molecule is CNC(=O)[C@@H]1CC[C@@H](n2c(NC(C)C)nc3c(c2=O)C[C@@H](C)N(C(=O)c2ccc(Cl)c(C(F)(F)F)c2)C3)C1. The molecule has 0 spiro atoms. The fourth-order valence-corrected chi connectivity index (χ4v) is 5.54. The Kier molecular flexibility index (Phi) is 7.79. The van der Waals surface area contributed by atoms with Gasteiger partial charge in [-0.1, -0.05) is 11.6 Å². The number of alkyl halides is 3. The van der Waals surface area contributed by atoms with E-state index in [0.29, 0.717) is 36.5 Å². The van der Waals surface area contributed by atoms with Crippen molar-refractivity contribution in [1.29, 1.82) is 0 Å². The molecule has 0 radical (unpaired) electrons. The smallest absolute Gasteiger partial charge is 0.359 e. The van der Waals surface area contributed by atoms with Gasteiger partial charge in [-0.05, 0) is 64.7 Å². The molecule has 38 heavy (non-hydrogen) atoms. The maximum atomic E-state index is 13.8. The lowest BCUT2D eigenvalue weighted by atomic mass is 9.98. The molecule has 206 valence electrons. The van der Waals surface area contributed by atoms with Crippen LogP contribution in [0.25, 0.3) is 0 Å². The lowest BCUT2D eigenvalue weighted by molar-refractivity contribution is -0.137. The van der Waals surface area contributed by atoms with Crippen LogP contribution in [0.3, 0.4) is 0 Å². The summed E-state index contributed by atoms with van der Waals surface area (Å²) < 4.78 is 41.8. The molecule has 2 amide bonds. The van der Waals surface area contributed by atoms with Gasteiger partial charge in [-0.3, -0.25) is 19.0 Å². The number of benzene rings is 1. The molecule has 1 aliphatic heterocycles. The molecule has 1 saturated carbocycles. The van der Waals surface area contributed by atoms with Crippen molar-refractivity contribution in [3.8, 4) is 0 Å². The van der Waals surface area contributed by atoms with Crippen LogP contribution in [-0.2, 0) is 23.9 Å². The zero-order chi connectivity index (χ0) is 27.9. The quantitative estimate of drug-likeness (QED) is 0.572. The van der Waals surface area contributed by atoms with Gasteiger partial charge in [0, 0.05) is 42.2 Å². The molecule has 2 aromatic rings. The van der Waals surface area contributed by atoms with Crippen molar-refractivity contribution >= 4 is 29.4 Å². The van der Waals surface area contributed by atoms with Crippen LogP contribution in [0.15, 0.2) is 23.0 Å². The van der Waals surface area contributed by atoms with E-state index in [0.717, 1.165) is 12.1 Å². The molecular weight excluding hydrogens is 523 g/mol. The number of hydrogen-bond acceptors (Lipinski definition) is 5. The predicted molar refractivity (Wildman–Crippen MR) is 137 cm³/mol. The summed E-state index contributed by atoms with van der Waals surface area (Å²) in [5.74, 6) is -0.477. The summed E-state index contributed by atoms with van der Waals surface area (Å²) in [4.78, 5) is 45.4. The van der Waals surface area contributed by atoms with Crippen LogP contribution in [0, 0.1) is 5.92 Å². The maximum absolute atomic E-state index is 13.8. The normalized spacial score (nSPS) is 21.4. The number of fused-ring (bicyclic) bond motifs is 1. The first-order valence-electron chi connectivity index (χ1n) is 12.6. The zero-order valence-corrected chi connectivity index (χ0v) is 22.4. The Bertz CT molecular complexity index is 1310. The molecule has 1 aromatic heterocycles. The fourth-order valence-electron chi connectivity index (χ4n) is 5.32. The minimum Gasteiger partial charge on any atom is -0.359 e. The zero-order valence-electron chi connectivity index (χ0n) is 21.7. The molecule has 0 saturated heterocycles. The number of hydrogen-bond donors (Lipinski definition) is 2. The largest absolute Gasteiger partial charge is 0.417 e. The summed E-state index contributed by atoms with van der Waals surface area (Å²) in [7, 11) is 1.59. The van der Waals surface area contributed by atoms with Crippen LogP contribution in [0.2, 0.25) is 5.02 Å². The number of carbonyl (C=O) groups is 2. The number of carbonyl (C=O) groups excluding carboxylic acids is 2. The third-order valence-electron chi connectivity index (χ3n) is 7.23. The third-order valence-corrected chi connectivity index (χ3v) is 7.56. The number of anilines is 1. The van der Waals surface area contributed by atoms with Crippen LogP contribution in [0.1, 0.15) is 73.3 Å². The van der Waals surface area contributed by atoms with E-state index in [-0.39, 0.29) is 48.0 Å². The molecule has 2 N–H and O–H groups in total. The first-order chi connectivity index (χ1) is 17.8. The highest BCUT2D eigenvalue weighted by atomic mass is 35.5. The second-order valence-electron chi connectivity index (χ2n) is 10.3. The van der Waals surface area contributed by atoms with Gasteiger partial charge in [-0.15, -0.1) is 0 Å². The average Bonchev–Trinajstić information content (AvgIpc) is 3.32. The molecule has 3 atom stereocenters. The van der Waals surface area contributed by atoms with E-state index in [1.807, 2.05) is 13.8 Å². The number of nitrogens with one attached hydrogen (secondary N) is 2. The summed E-state index contributed by atoms with van der Waals surface area (Å²) in [6, 6.07) is 2.39. The summed E-state index contributed by atoms with van der Waals surface area (Å²) in [5.41, 5.74) is -0.549. The molecule has 1 fully saturated rings. The Morgan fingerprint density at radius 3 is 2.55 bits per heavy atom. The summed E-state index contributed by atoms with van der Waals surface area (Å²) in [5, 5.41) is 5.42. The summed E-state index contributed by atoms with van der Waals surface area (Å²) in [6.45, 7) is 5.56. The van der Waals surface area contributed by atoms with Crippen LogP contribution >= 0.6 is 11.6 Å². The van der Waals surface area contributed by atoms with Crippen LogP contribution in [0.4, 0.5) is 19.1 Å². The first-order valence-corrected chi connectivity index (χ1v) is 13.0. The Morgan fingerprint density at radius 2 is 1.92 bits per heavy atom. The van der Waals surface area contributed by atoms with Gasteiger partial charge in [-0.2, -0.15) is 13.2 Å². The number of rotatable bonds is 5. The predicted octanol–water partition coefficient (Wildman–Crippen LogP) is 4.41. The maximum Gasteiger partial charge on any atom is 0.417 e. The molecular formula is C26H31ClF3N5O3. The molecule has 8 nitrogen and oxygen atoms in total. The third kappa shape index (κ3) is 5.39. The van der Waals surface area contributed by atoms with Crippen molar-refractivity contribution < 1.29 is 22.8 Å². The van der Waals surface area contributed by atoms with Gasteiger partial charge < -0.3 is 15.5 Å². The standard InChI is InChI=1S/C26H31ClF3N5O3/c1-13(2)32-25-33-21-12-34(23(37)16-6-8-20(27)19(11-16)26(28,29)30)14(3)9-18(21)24(38)35(25)17-7-5-15(10-17)22(36)31-4/h6,8,11,13-15,17H,5,7,9-10,12H2,1-4H3,(H,31,36)(H,32,33)/t14-,15-,17-/m1/s1. The highest BCUT2D eigenvalue weighted by molar-refractivity contribution is 6.31. The topological polar surface area (TPSA) is 96.3 Å². The van der Waals surface area contributed by atoms with Gasteiger partial charge >= 0.3 is 6.18 Å². The Labute approximate surface area is 223 Å². The second-order valence-corrected chi connectivity index (χ2v) is 10.7. The highest BCUT2D eigenvalue weighted by Crippen LogP contribution is 2.37. The average molecular weight is 554 g/mol. The minimum atomic E-state index is -4.70. The van der Waals surface area contributed by atoms with E-state index in [2.05, 4.69) is 10.6 Å². The van der Waals surface area contributed by atoms with E-state index in [9.17, 15) is 27.6 Å². The van der Waals surface area contributed by atoms with E-state index >= 15 is 0 Å². The number of aromatic nitrogens is 2. The van der Waals surface area contributed by atoms with Gasteiger partial charge in [0.2, 0.25) is 11.9 Å². The second kappa shape index (κ2) is 10.6.